The van der Waals surface area contributed by atoms with Gasteiger partial charge in [-0.15, -0.1) is 0 Å². The molecule has 1 saturated carbocycles. The molecular weight excluding hydrogens is 133 g/mol. The van der Waals surface area contributed by atoms with Gasteiger partial charge in [0.05, 0.1) is 0 Å². The van der Waals surface area contributed by atoms with Gasteiger partial charge in [-0.3, -0.25) is 0 Å². The molecule has 1 radical (unpaired) electrons. The maximum Gasteiger partial charge on any atom is 0.420 e. The fraction of sp³-hybridized carbons (Fsp3) is 1.00. The van der Waals surface area contributed by atoms with Crippen LogP contribution < -0.4 is 0 Å². The molecule has 9 heavy (non-hydrogen) atoms. The smallest absolute Gasteiger partial charge is 0.219 e. The van der Waals surface area contributed by atoms with E-state index in [-0.39, 0.29) is 12.8 Å². The van der Waals surface area contributed by atoms with E-state index in [2.05, 4.69) is 0 Å². The first-order chi connectivity index (χ1) is 3.96. The summed E-state index contributed by atoms with van der Waals surface area (Å²) in [7, 11) is 0. The molecule has 0 aliphatic heterocycles. The van der Waals surface area contributed by atoms with Crippen LogP contribution in [0.15, 0.2) is 0 Å². The molecule has 1 aliphatic rings. The molecule has 0 aromatic heterocycles. The molecular formula is C5H6F3O. The van der Waals surface area contributed by atoms with Crippen molar-refractivity contribution >= 4 is 0 Å². The second-order valence-corrected chi connectivity index (χ2v) is 2.35. The Bertz CT molecular complexity index is 114. The lowest BCUT2D eigenvalue weighted by molar-refractivity contribution is -0.308. The van der Waals surface area contributed by atoms with E-state index >= 15 is 0 Å². The maximum atomic E-state index is 11.6. The average molecular weight is 139 g/mol. The summed E-state index contributed by atoms with van der Waals surface area (Å²) in [5.41, 5.74) is -2.59. The van der Waals surface area contributed by atoms with Gasteiger partial charge in [0, 0.05) is 0 Å². The van der Waals surface area contributed by atoms with Crippen LogP contribution >= 0.6 is 0 Å². The fourth-order valence-corrected chi connectivity index (χ4v) is 0.781. The highest BCUT2D eigenvalue weighted by Crippen LogP contribution is 2.45. The van der Waals surface area contributed by atoms with Gasteiger partial charge in [-0.1, -0.05) is 0 Å². The first-order valence-electron chi connectivity index (χ1n) is 2.73. The first kappa shape index (κ1) is 6.86. The molecule has 0 spiro atoms. The molecule has 0 unspecified atom stereocenters. The third-order valence-electron chi connectivity index (χ3n) is 1.68. The Balaban J connectivity index is 2.59. The summed E-state index contributed by atoms with van der Waals surface area (Å²) in [6.07, 6.45) is -4.58. The van der Waals surface area contributed by atoms with Gasteiger partial charge in [-0.25, -0.2) is 5.11 Å². The molecule has 0 bridgehead atoms. The van der Waals surface area contributed by atoms with Crippen molar-refractivity contribution in [3.05, 3.63) is 0 Å². The standard InChI is InChI=1S/C5H6F3O/c6-5(7,8)4(9)2-1-3-4/h1-3H2. The maximum absolute atomic E-state index is 11.6. The summed E-state index contributed by atoms with van der Waals surface area (Å²) in [5.74, 6) is 0. The monoisotopic (exact) mass is 139 g/mol. The van der Waals surface area contributed by atoms with E-state index in [4.69, 9.17) is 0 Å². The van der Waals surface area contributed by atoms with Crippen LogP contribution in [0.1, 0.15) is 19.3 Å². The van der Waals surface area contributed by atoms with Crippen molar-refractivity contribution < 1.29 is 18.3 Å². The van der Waals surface area contributed by atoms with E-state index in [1.165, 1.54) is 0 Å². The summed E-state index contributed by atoms with van der Waals surface area (Å²) in [6.45, 7) is 0. The number of halogens is 3. The average Bonchev–Trinajstić information content (AvgIpc) is 1.57. The molecule has 4 heteroatoms. The highest BCUT2D eigenvalue weighted by atomic mass is 19.4. The van der Waals surface area contributed by atoms with E-state index in [0.717, 1.165) is 0 Å². The van der Waals surface area contributed by atoms with Crippen LogP contribution in [0.3, 0.4) is 0 Å². The zero-order valence-corrected chi connectivity index (χ0v) is 4.66. The second kappa shape index (κ2) is 1.62. The normalized spacial score (nSPS) is 25.3. The summed E-state index contributed by atoms with van der Waals surface area (Å²) < 4.78 is 34.7. The molecule has 0 amide bonds. The van der Waals surface area contributed by atoms with Crippen molar-refractivity contribution in [2.24, 2.45) is 0 Å². The van der Waals surface area contributed by atoms with Gasteiger partial charge in [0.25, 0.3) is 0 Å². The molecule has 0 heterocycles. The van der Waals surface area contributed by atoms with Crippen LogP contribution in [0.4, 0.5) is 13.2 Å². The lowest BCUT2D eigenvalue weighted by Gasteiger charge is -2.35. The Morgan fingerprint density at radius 2 is 1.67 bits per heavy atom. The number of hydrogen-bond acceptors (Lipinski definition) is 0. The zero-order chi connectivity index (χ0) is 7.12. The lowest BCUT2D eigenvalue weighted by Crippen LogP contribution is -2.49. The minimum absolute atomic E-state index is 0.240. The molecule has 1 aliphatic carbocycles. The van der Waals surface area contributed by atoms with Crippen LogP contribution in [-0.2, 0) is 5.11 Å². The van der Waals surface area contributed by atoms with Gasteiger partial charge in [0.2, 0.25) is 0 Å². The van der Waals surface area contributed by atoms with Crippen LogP contribution in [-0.4, -0.2) is 11.8 Å². The van der Waals surface area contributed by atoms with Gasteiger partial charge in [0.15, 0.2) is 5.60 Å². The third kappa shape index (κ3) is 0.913. The molecule has 1 fully saturated rings. The first-order valence-corrected chi connectivity index (χ1v) is 2.73. The summed E-state index contributed by atoms with van der Waals surface area (Å²) >= 11 is 0. The van der Waals surface area contributed by atoms with Crippen molar-refractivity contribution in [3.8, 4) is 0 Å². The molecule has 0 N–H and O–H groups in total. The third-order valence-corrected chi connectivity index (χ3v) is 1.68. The highest BCUT2D eigenvalue weighted by molar-refractivity contribution is 4.93. The number of rotatable bonds is 0. The highest BCUT2D eigenvalue weighted by Gasteiger charge is 2.59. The van der Waals surface area contributed by atoms with Crippen LogP contribution in [0.25, 0.3) is 0 Å². The minimum atomic E-state index is -4.52. The Hall–Kier alpha value is -0.250. The molecule has 0 saturated heterocycles. The fourth-order valence-electron chi connectivity index (χ4n) is 0.781. The van der Waals surface area contributed by atoms with Gasteiger partial charge >= 0.3 is 6.18 Å². The Morgan fingerprint density at radius 3 is 1.67 bits per heavy atom. The molecule has 1 rings (SSSR count). The topological polar surface area (TPSA) is 19.9 Å². The van der Waals surface area contributed by atoms with Crippen molar-refractivity contribution in [3.63, 3.8) is 0 Å². The Kier molecular flexibility index (Phi) is 1.24. The van der Waals surface area contributed by atoms with E-state index < -0.39 is 11.8 Å². The van der Waals surface area contributed by atoms with Gasteiger partial charge in [-0.2, -0.15) is 13.2 Å². The van der Waals surface area contributed by atoms with Gasteiger partial charge in [-0.05, 0) is 19.3 Å². The van der Waals surface area contributed by atoms with Crippen LogP contribution in [0.2, 0.25) is 0 Å². The molecule has 53 valence electrons. The quantitative estimate of drug-likeness (QED) is 0.488. The van der Waals surface area contributed by atoms with Gasteiger partial charge in [0.1, 0.15) is 0 Å². The van der Waals surface area contributed by atoms with E-state index in [1.807, 2.05) is 0 Å². The molecule has 0 atom stereocenters. The Morgan fingerprint density at radius 1 is 1.22 bits per heavy atom. The Labute approximate surface area is 50.5 Å². The number of alkyl halides is 3. The SMILES string of the molecule is [O]C1(C(F)(F)F)CCC1. The number of hydrogen-bond donors (Lipinski definition) is 0. The lowest BCUT2D eigenvalue weighted by atomic mass is 9.80. The van der Waals surface area contributed by atoms with E-state index in [1.54, 1.807) is 0 Å². The molecule has 0 aromatic rings. The molecule has 1 nitrogen and oxygen atoms in total. The zero-order valence-electron chi connectivity index (χ0n) is 4.66. The summed E-state index contributed by atoms with van der Waals surface area (Å²) in [4.78, 5) is 0. The van der Waals surface area contributed by atoms with Crippen molar-refractivity contribution in [2.45, 2.75) is 31.0 Å². The van der Waals surface area contributed by atoms with Crippen LogP contribution in [0, 0.1) is 0 Å². The predicted molar refractivity (Wildman–Crippen MR) is 23.3 cm³/mol. The van der Waals surface area contributed by atoms with Crippen LogP contribution in [0.5, 0.6) is 0 Å². The van der Waals surface area contributed by atoms with Crippen molar-refractivity contribution in [1.82, 2.24) is 0 Å². The van der Waals surface area contributed by atoms with Crippen molar-refractivity contribution in [2.75, 3.05) is 0 Å². The predicted octanol–water partition coefficient (Wildman–Crippen LogP) is 1.90. The minimum Gasteiger partial charge on any atom is -0.219 e. The summed E-state index contributed by atoms with van der Waals surface area (Å²) in [6, 6.07) is 0. The van der Waals surface area contributed by atoms with E-state index in [9.17, 15) is 18.3 Å². The summed E-state index contributed by atoms with van der Waals surface area (Å²) in [5, 5.41) is 10.5. The molecule has 0 aromatic carbocycles. The van der Waals surface area contributed by atoms with Gasteiger partial charge < -0.3 is 0 Å². The van der Waals surface area contributed by atoms with Crippen molar-refractivity contribution in [1.29, 1.82) is 0 Å². The van der Waals surface area contributed by atoms with E-state index in [0.29, 0.717) is 6.42 Å². The largest absolute Gasteiger partial charge is 0.420 e. The second-order valence-electron chi connectivity index (χ2n) is 2.35.